The molecule has 12 heavy (non-hydrogen) atoms. The first-order chi connectivity index (χ1) is 5.38. The standard InChI is InChI=1S/C9H6O2.P/c10-8-5-6-11-9-4-2-1-3-7(8)9;/h1-6H;. The van der Waals surface area contributed by atoms with Crippen LogP contribution in [0.1, 0.15) is 0 Å². The summed E-state index contributed by atoms with van der Waals surface area (Å²) in [6, 6.07) is 8.60. The average Bonchev–Trinajstić information content (AvgIpc) is 2.06. The zero-order valence-corrected chi connectivity index (χ0v) is 7.12. The Morgan fingerprint density at radius 3 is 2.58 bits per heavy atom. The second-order valence-corrected chi connectivity index (χ2v) is 2.28. The number of hydrogen-bond acceptors (Lipinski definition) is 2. The summed E-state index contributed by atoms with van der Waals surface area (Å²) in [6.45, 7) is 0. The Balaban J connectivity index is 0.000000720. The van der Waals surface area contributed by atoms with E-state index < -0.39 is 0 Å². The third-order valence-electron chi connectivity index (χ3n) is 1.57. The molecule has 0 fully saturated rings. The summed E-state index contributed by atoms with van der Waals surface area (Å²) in [5, 5.41) is 0.634. The van der Waals surface area contributed by atoms with Gasteiger partial charge < -0.3 is 4.42 Å². The zero-order valence-electron chi connectivity index (χ0n) is 6.23. The van der Waals surface area contributed by atoms with Gasteiger partial charge in [0.25, 0.3) is 0 Å². The van der Waals surface area contributed by atoms with Crippen LogP contribution < -0.4 is 5.43 Å². The van der Waals surface area contributed by atoms with Crippen LogP contribution in [0.3, 0.4) is 0 Å². The third kappa shape index (κ3) is 1.39. The SMILES string of the molecule is O=c1ccoc2ccccc12.[P]. The van der Waals surface area contributed by atoms with Gasteiger partial charge in [0.2, 0.25) is 0 Å². The Morgan fingerprint density at radius 2 is 1.83 bits per heavy atom. The van der Waals surface area contributed by atoms with Crippen molar-refractivity contribution in [2.75, 3.05) is 0 Å². The fraction of sp³-hybridized carbons (Fsp3) is 0. The van der Waals surface area contributed by atoms with E-state index in [1.807, 2.05) is 12.1 Å². The van der Waals surface area contributed by atoms with E-state index in [-0.39, 0.29) is 15.3 Å². The Labute approximate surface area is 72.8 Å². The molecule has 1 heterocycles. The summed E-state index contributed by atoms with van der Waals surface area (Å²) in [6.07, 6.45) is 1.41. The number of hydrogen-bond donors (Lipinski definition) is 0. The molecule has 3 heteroatoms. The van der Waals surface area contributed by atoms with Gasteiger partial charge in [-0.15, -0.1) is 0 Å². The molecule has 2 aromatic rings. The smallest absolute Gasteiger partial charge is 0.192 e. The predicted molar refractivity (Wildman–Crippen MR) is 49.4 cm³/mol. The van der Waals surface area contributed by atoms with Crippen molar-refractivity contribution in [2.24, 2.45) is 0 Å². The summed E-state index contributed by atoms with van der Waals surface area (Å²) < 4.78 is 5.09. The van der Waals surface area contributed by atoms with Crippen LogP contribution in [0.4, 0.5) is 0 Å². The second kappa shape index (κ2) is 3.51. The predicted octanol–water partition coefficient (Wildman–Crippen LogP) is 2.65. The van der Waals surface area contributed by atoms with Crippen LogP contribution in [-0.4, -0.2) is 0 Å². The highest BCUT2D eigenvalue weighted by Crippen LogP contribution is 2.06. The molecule has 0 aliphatic carbocycles. The molecule has 1 aromatic carbocycles. The molecule has 0 aliphatic heterocycles. The number of para-hydroxylation sites is 1. The summed E-state index contributed by atoms with van der Waals surface area (Å²) >= 11 is 0. The molecule has 0 aliphatic rings. The first-order valence-electron chi connectivity index (χ1n) is 3.34. The summed E-state index contributed by atoms with van der Waals surface area (Å²) in [7, 11) is 0. The fourth-order valence-electron chi connectivity index (χ4n) is 1.03. The lowest BCUT2D eigenvalue weighted by Crippen LogP contribution is -1.96. The van der Waals surface area contributed by atoms with Crippen molar-refractivity contribution in [2.45, 2.75) is 0 Å². The molecule has 0 spiro atoms. The van der Waals surface area contributed by atoms with Gasteiger partial charge in [0.1, 0.15) is 5.58 Å². The van der Waals surface area contributed by atoms with Crippen LogP contribution in [0.2, 0.25) is 0 Å². The van der Waals surface area contributed by atoms with E-state index in [2.05, 4.69) is 0 Å². The van der Waals surface area contributed by atoms with E-state index >= 15 is 0 Å². The molecule has 0 unspecified atom stereocenters. The quantitative estimate of drug-likeness (QED) is 0.579. The maximum Gasteiger partial charge on any atom is 0.192 e. The topological polar surface area (TPSA) is 30.2 Å². The van der Waals surface area contributed by atoms with Crippen molar-refractivity contribution in [3.05, 3.63) is 46.8 Å². The van der Waals surface area contributed by atoms with Gasteiger partial charge in [0.05, 0.1) is 11.6 Å². The maximum atomic E-state index is 11.1. The molecule has 0 N–H and O–H groups in total. The van der Waals surface area contributed by atoms with Crippen molar-refractivity contribution in [1.82, 2.24) is 0 Å². The van der Waals surface area contributed by atoms with Gasteiger partial charge in [0.15, 0.2) is 5.43 Å². The lowest BCUT2D eigenvalue weighted by Gasteiger charge is -1.91. The van der Waals surface area contributed by atoms with Crippen molar-refractivity contribution >= 4 is 20.9 Å². The molecule has 0 saturated carbocycles. The van der Waals surface area contributed by atoms with Gasteiger partial charge in [-0.2, -0.15) is 0 Å². The van der Waals surface area contributed by atoms with Gasteiger partial charge >= 0.3 is 0 Å². The van der Waals surface area contributed by atoms with Gasteiger partial charge in [0, 0.05) is 16.0 Å². The Kier molecular flexibility index (Phi) is 2.61. The molecule has 0 saturated heterocycles. The van der Waals surface area contributed by atoms with E-state index in [1.54, 1.807) is 12.1 Å². The Hall–Kier alpha value is -1.14. The first-order valence-corrected chi connectivity index (χ1v) is 3.34. The minimum absolute atomic E-state index is 0. The summed E-state index contributed by atoms with van der Waals surface area (Å²) in [5.74, 6) is 0. The van der Waals surface area contributed by atoms with Crippen molar-refractivity contribution in [3.63, 3.8) is 0 Å². The molecule has 0 bridgehead atoms. The van der Waals surface area contributed by atoms with E-state index in [4.69, 9.17) is 4.42 Å². The number of fused-ring (bicyclic) bond motifs is 1. The highest BCUT2D eigenvalue weighted by atomic mass is 31.0. The van der Waals surface area contributed by atoms with Crippen LogP contribution in [0, 0.1) is 0 Å². The van der Waals surface area contributed by atoms with Gasteiger partial charge in [-0.1, -0.05) is 12.1 Å². The second-order valence-electron chi connectivity index (χ2n) is 2.28. The van der Waals surface area contributed by atoms with E-state index in [0.717, 1.165) is 0 Å². The molecule has 2 nitrogen and oxygen atoms in total. The largest absolute Gasteiger partial charge is 0.464 e. The maximum absolute atomic E-state index is 11.1. The lowest BCUT2D eigenvalue weighted by molar-refractivity contribution is 0.602. The molecular formula is C9H6O2P. The van der Waals surface area contributed by atoms with Crippen molar-refractivity contribution < 1.29 is 4.42 Å². The van der Waals surface area contributed by atoms with Crippen LogP contribution in [0.25, 0.3) is 11.0 Å². The third-order valence-corrected chi connectivity index (χ3v) is 1.57. The van der Waals surface area contributed by atoms with Crippen LogP contribution in [0.15, 0.2) is 45.8 Å². The minimum Gasteiger partial charge on any atom is -0.464 e. The summed E-state index contributed by atoms with van der Waals surface area (Å²) in [4.78, 5) is 11.1. The monoisotopic (exact) mass is 177 g/mol. The molecule has 0 atom stereocenters. The highest BCUT2D eigenvalue weighted by molar-refractivity contribution is 6.92. The van der Waals surface area contributed by atoms with E-state index in [9.17, 15) is 4.79 Å². The van der Waals surface area contributed by atoms with Gasteiger partial charge in [-0.25, -0.2) is 0 Å². The lowest BCUT2D eigenvalue weighted by atomic mass is 10.2. The normalized spacial score (nSPS) is 9.33. The first kappa shape index (κ1) is 8.95. The molecule has 59 valence electrons. The molecule has 2 rings (SSSR count). The number of benzene rings is 1. The Morgan fingerprint density at radius 1 is 1.08 bits per heavy atom. The van der Waals surface area contributed by atoms with Crippen molar-refractivity contribution in [1.29, 1.82) is 0 Å². The summed E-state index contributed by atoms with van der Waals surface area (Å²) in [5.41, 5.74) is 0.645. The Bertz CT molecular complexity index is 428. The van der Waals surface area contributed by atoms with Gasteiger partial charge in [-0.3, -0.25) is 4.79 Å². The van der Waals surface area contributed by atoms with E-state index in [1.165, 1.54) is 12.3 Å². The molecule has 3 radical (unpaired) electrons. The van der Waals surface area contributed by atoms with Crippen LogP contribution in [-0.2, 0) is 0 Å². The molecular weight excluding hydrogens is 171 g/mol. The van der Waals surface area contributed by atoms with Gasteiger partial charge in [-0.05, 0) is 12.1 Å². The van der Waals surface area contributed by atoms with Crippen molar-refractivity contribution in [3.8, 4) is 0 Å². The van der Waals surface area contributed by atoms with Crippen LogP contribution >= 0.6 is 9.90 Å². The minimum atomic E-state index is 0. The fourth-order valence-corrected chi connectivity index (χ4v) is 1.03. The average molecular weight is 177 g/mol. The van der Waals surface area contributed by atoms with E-state index in [0.29, 0.717) is 11.0 Å². The zero-order chi connectivity index (χ0) is 7.68. The van der Waals surface area contributed by atoms with Crippen LogP contribution in [0.5, 0.6) is 0 Å². The molecule has 1 aromatic heterocycles. The highest BCUT2D eigenvalue weighted by Gasteiger charge is 1.95. The molecule has 0 amide bonds. The number of rotatable bonds is 0.